The molecular formula is C13H21F3N2O3. The zero-order valence-electron chi connectivity index (χ0n) is 12.2. The Bertz CT molecular complexity index is 391. The normalized spacial score (nSPS) is 26.2. The third-order valence-corrected chi connectivity index (χ3v) is 3.92. The Morgan fingerprint density at radius 2 is 1.86 bits per heavy atom. The van der Waals surface area contributed by atoms with Crippen LogP contribution in [0.25, 0.3) is 0 Å². The van der Waals surface area contributed by atoms with Crippen LogP contribution >= 0.6 is 0 Å². The molecule has 0 radical (unpaired) electrons. The van der Waals surface area contributed by atoms with E-state index in [0.717, 1.165) is 0 Å². The number of nitrogens with zero attached hydrogens (tertiary/aromatic N) is 1. The van der Waals surface area contributed by atoms with Gasteiger partial charge < -0.3 is 15.3 Å². The molecule has 1 saturated carbocycles. The first kappa shape index (κ1) is 17.6. The zero-order valence-corrected chi connectivity index (χ0v) is 12.2. The molecular weight excluding hydrogens is 289 g/mol. The number of aliphatic carboxylic acids is 1. The second-order valence-electron chi connectivity index (χ2n) is 5.63. The van der Waals surface area contributed by atoms with Crippen LogP contribution in [0.1, 0.15) is 39.5 Å². The summed E-state index contributed by atoms with van der Waals surface area (Å²) in [6.45, 7) is 1.87. The Hall–Kier alpha value is -1.47. The molecule has 0 aromatic heterocycles. The minimum Gasteiger partial charge on any atom is -0.480 e. The van der Waals surface area contributed by atoms with Crippen LogP contribution in [0.15, 0.2) is 0 Å². The smallest absolute Gasteiger partial charge is 0.406 e. The summed E-state index contributed by atoms with van der Waals surface area (Å²) >= 11 is 0. The van der Waals surface area contributed by atoms with Crippen LogP contribution in [0.3, 0.4) is 0 Å². The number of amides is 2. The van der Waals surface area contributed by atoms with Crippen LogP contribution in [-0.2, 0) is 4.79 Å². The highest BCUT2D eigenvalue weighted by molar-refractivity contribution is 5.86. The number of hydrogen-bond donors (Lipinski definition) is 2. The maximum atomic E-state index is 12.4. The third-order valence-electron chi connectivity index (χ3n) is 3.92. The van der Waals surface area contributed by atoms with Gasteiger partial charge in [-0.1, -0.05) is 6.92 Å². The van der Waals surface area contributed by atoms with Gasteiger partial charge >= 0.3 is 18.2 Å². The SMILES string of the molecule is CCN(CC(F)(F)F)C(=O)NC1(C(=O)O)CCC(C)CC1. The molecule has 2 amide bonds. The molecule has 0 aliphatic heterocycles. The van der Waals surface area contributed by atoms with E-state index in [1.54, 1.807) is 0 Å². The van der Waals surface area contributed by atoms with Gasteiger partial charge in [0.2, 0.25) is 0 Å². The lowest BCUT2D eigenvalue weighted by Gasteiger charge is -2.38. The fraction of sp³-hybridized carbons (Fsp3) is 0.846. The van der Waals surface area contributed by atoms with E-state index in [0.29, 0.717) is 23.7 Å². The molecule has 0 spiro atoms. The molecule has 0 bridgehead atoms. The second kappa shape index (κ2) is 6.53. The van der Waals surface area contributed by atoms with E-state index in [2.05, 4.69) is 5.32 Å². The second-order valence-corrected chi connectivity index (χ2v) is 5.63. The van der Waals surface area contributed by atoms with E-state index in [1.165, 1.54) is 6.92 Å². The van der Waals surface area contributed by atoms with Crippen LogP contribution in [0.4, 0.5) is 18.0 Å². The lowest BCUT2D eigenvalue weighted by molar-refractivity contribution is -0.147. The van der Waals surface area contributed by atoms with Crippen LogP contribution in [0, 0.1) is 5.92 Å². The summed E-state index contributed by atoms with van der Waals surface area (Å²) in [5.41, 5.74) is -1.46. The maximum absolute atomic E-state index is 12.4. The molecule has 0 saturated heterocycles. The van der Waals surface area contributed by atoms with E-state index < -0.39 is 30.3 Å². The lowest BCUT2D eigenvalue weighted by atomic mass is 9.77. The van der Waals surface area contributed by atoms with Gasteiger partial charge in [-0.15, -0.1) is 0 Å². The number of carbonyl (C=O) groups is 2. The number of nitrogens with one attached hydrogen (secondary N) is 1. The van der Waals surface area contributed by atoms with Gasteiger partial charge in [-0.2, -0.15) is 13.2 Å². The Labute approximate surface area is 121 Å². The van der Waals surface area contributed by atoms with Crippen molar-refractivity contribution >= 4 is 12.0 Å². The minimum absolute atomic E-state index is 0.141. The summed E-state index contributed by atoms with van der Waals surface area (Å²) in [5.74, 6) is -0.836. The van der Waals surface area contributed by atoms with Gasteiger partial charge in [0.1, 0.15) is 12.1 Å². The van der Waals surface area contributed by atoms with Gasteiger partial charge in [0.05, 0.1) is 0 Å². The van der Waals surface area contributed by atoms with Crippen molar-refractivity contribution in [2.45, 2.75) is 51.2 Å². The summed E-state index contributed by atoms with van der Waals surface area (Å²) in [6.07, 6.45) is -2.79. The molecule has 5 nitrogen and oxygen atoms in total. The topological polar surface area (TPSA) is 69.6 Å². The third kappa shape index (κ3) is 4.78. The molecule has 0 heterocycles. The average Bonchev–Trinajstić information content (AvgIpc) is 2.37. The number of carboxylic acid groups (broad SMARTS) is 1. The lowest BCUT2D eigenvalue weighted by Crippen LogP contribution is -2.60. The molecule has 0 atom stereocenters. The van der Waals surface area contributed by atoms with Crippen molar-refractivity contribution in [2.24, 2.45) is 5.92 Å². The standard InChI is InChI=1S/C13H21F3N2O3/c1-3-18(8-13(14,15)16)11(21)17-12(10(19)20)6-4-9(2)5-7-12/h9H,3-8H2,1-2H3,(H,17,21)(H,19,20). The highest BCUT2D eigenvalue weighted by Gasteiger charge is 2.44. The number of carboxylic acids is 1. The number of halogens is 3. The van der Waals surface area contributed by atoms with E-state index in [-0.39, 0.29) is 19.4 Å². The zero-order chi connectivity index (χ0) is 16.3. The largest absolute Gasteiger partial charge is 0.480 e. The maximum Gasteiger partial charge on any atom is 0.406 e. The quantitative estimate of drug-likeness (QED) is 0.838. The van der Waals surface area contributed by atoms with Crippen LogP contribution in [0.2, 0.25) is 0 Å². The predicted octanol–water partition coefficient (Wildman–Crippen LogP) is 2.61. The molecule has 2 N–H and O–H groups in total. The van der Waals surface area contributed by atoms with Gasteiger partial charge in [0, 0.05) is 6.54 Å². The molecule has 0 aromatic rings. The van der Waals surface area contributed by atoms with Crippen LogP contribution in [-0.4, -0.2) is 46.8 Å². The molecule has 122 valence electrons. The monoisotopic (exact) mass is 310 g/mol. The van der Waals surface area contributed by atoms with Crippen molar-refractivity contribution in [1.29, 1.82) is 0 Å². The first-order valence-corrected chi connectivity index (χ1v) is 6.97. The molecule has 0 unspecified atom stereocenters. The molecule has 0 aromatic carbocycles. The fourth-order valence-electron chi connectivity index (χ4n) is 2.47. The van der Waals surface area contributed by atoms with E-state index in [9.17, 15) is 27.9 Å². The number of hydrogen-bond acceptors (Lipinski definition) is 2. The Morgan fingerprint density at radius 1 is 1.33 bits per heavy atom. The summed E-state index contributed by atoms with van der Waals surface area (Å²) in [6, 6.07) is -0.980. The summed E-state index contributed by atoms with van der Waals surface area (Å²) in [4.78, 5) is 24.0. The average molecular weight is 310 g/mol. The highest BCUT2D eigenvalue weighted by Crippen LogP contribution is 2.32. The Kier molecular flexibility index (Phi) is 5.47. The Balaban J connectivity index is 2.79. The molecule has 8 heteroatoms. The van der Waals surface area contributed by atoms with E-state index >= 15 is 0 Å². The molecule has 1 aliphatic rings. The van der Waals surface area contributed by atoms with E-state index in [1.807, 2.05) is 6.92 Å². The van der Waals surface area contributed by atoms with E-state index in [4.69, 9.17) is 0 Å². The summed E-state index contributed by atoms with van der Waals surface area (Å²) in [5, 5.41) is 11.7. The minimum atomic E-state index is -4.51. The first-order chi connectivity index (χ1) is 9.59. The van der Waals surface area contributed by atoms with Crippen molar-refractivity contribution < 1.29 is 27.9 Å². The number of carbonyl (C=O) groups excluding carboxylic acids is 1. The molecule has 21 heavy (non-hydrogen) atoms. The predicted molar refractivity (Wildman–Crippen MR) is 69.8 cm³/mol. The summed E-state index contributed by atoms with van der Waals surface area (Å²) < 4.78 is 37.2. The first-order valence-electron chi connectivity index (χ1n) is 6.97. The van der Waals surface area contributed by atoms with Gasteiger partial charge in [0.25, 0.3) is 0 Å². The molecule has 1 fully saturated rings. The molecule has 1 rings (SSSR count). The number of urea groups is 1. The van der Waals surface area contributed by atoms with Crippen molar-refractivity contribution in [2.75, 3.05) is 13.1 Å². The van der Waals surface area contributed by atoms with Gasteiger partial charge in [-0.25, -0.2) is 9.59 Å². The van der Waals surface area contributed by atoms with Gasteiger partial charge in [0.15, 0.2) is 0 Å². The molecule has 1 aliphatic carbocycles. The van der Waals surface area contributed by atoms with Crippen molar-refractivity contribution in [3.63, 3.8) is 0 Å². The van der Waals surface area contributed by atoms with Crippen molar-refractivity contribution in [3.8, 4) is 0 Å². The van der Waals surface area contributed by atoms with Gasteiger partial charge in [-0.3, -0.25) is 0 Å². The fourth-order valence-corrected chi connectivity index (χ4v) is 2.47. The highest BCUT2D eigenvalue weighted by atomic mass is 19.4. The Morgan fingerprint density at radius 3 is 2.24 bits per heavy atom. The summed E-state index contributed by atoms with van der Waals surface area (Å²) in [7, 11) is 0. The van der Waals surface area contributed by atoms with Crippen LogP contribution < -0.4 is 5.32 Å². The van der Waals surface area contributed by atoms with Crippen LogP contribution in [0.5, 0.6) is 0 Å². The van der Waals surface area contributed by atoms with Crippen molar-refractivity contribution in [3.05, 3.63) is 0 Å². The number of alkyl halides is 3. The van der Waals surface area contributed by atoms with Gasteiger partial charge in [-0.05, 0) is 38.5 Å². The van der Waals surface area contributed by atoms with Crippen molar-refractivity contribution in [1.82, 2.24) is 10.2 Å². The number of rotatable bonds is 4.